The quantitative estimate of drug-likeness (QED) is 0.0445. The normalized spacial score (nSPS) is 10.3. The molecule has 0 aromatic carbocycles. The van der Waals surface area contributed by atoms with Crippen molar-refractivity contribution >= 4 is 5.97 Å². The minimum Gasteiger partial charge on any atom is -1.00 e. The van der Waals surface area contributed by atoms with Crippen molar-refractivity contribution in [2.45, 2.75) is 207 Å². The van der Waals surface area contributed by atoms with Crippen LogP contribution in [0.1, 0.15) is 194 Å². The summed E-state index contributed by atoms with van der Waals surface area (Å²) in [6.07, 6.45) is 49.6. The Morgan fingerprint density at radius 3 is 0.840 bits per heavy atom. The molecule has 0 unspecified atom stereocenters. The summed E-state index contributed by atoms with van der Waals surface area (Å²) in [7, 11) is 0. The van der Waals surface area contributed by atoms with Gasteiger partial charge in [-0.05, 0) is 18.9 Å². The maximum atomic E-state index is 9.14. The third-order valence-electron chi connectivity index (χ3n) is 9.26. The summed E-state index contributed by atoms with van der Waals surface area (Å²) < 4.78 is 4.58. The maximum Gasteiger partial charge on any atom is 0.168 e. The number of nitrogens with zero attached hydrogens (tertiary/aromatic N) is 2. The van der Waals surface area contributed by atoms with Crippen molar-refractivity contribution in [2.75, 3.05) is 0 Å². The average molecular weight is 716 g/mol. The first-order valence-corrected chi connectivity index (χ1v) is 20.9. The molecule has 288 valence electrons. The molecule has 0 fully saturated rings. The van der Waals surface area contributed by atoms with E-state index in [9.17, 15) is 0 Å². The molecular formula is C45H79ClN2O2. The number of aromatic nitrogens is 2. The molecule has 0 atom stereocenters. The fourth-order valence-corrected chi connectivity index (χ4v) is 6.14. The van der Waals surface area contributed by atoms with Gasteiger partial charge in [-0.3, -0.25) is 0 Å². The number of aryl methyl sites for hydroxylation is 2. The van der Waals surface area contributed by atoms with Gasteiger partial charge in [0.15, 0.2) is 24.8 Å². The number of carboxylic acid groups (broad SMARTS) is 1. The third-order valence-corrected chi connectivity index (χ3v) is 9.26. The Hall–Kier alpha value is -2.20. The first kappa shape index (κ1) is 49.9. The molecule has 0 spiro atoms. The second kappa shape index (κ2) is 43.0. The molecule has 0 aliphatic rings. The van der Waals surface area contributed by atoms with Crippen LogP contribution in [0, 0.1) is 0 Å². The predicted molar refractivity (Wildman–Crippen MR) is 209 cm³/mol. The van der Waals surface area contributed by atoms with Crippen LogP contribution in [0.4, 0.5) is 0 Å². The van der Waals surface area contributed by atoms with E-state index in [0.29, 0.717) is 0 Å². The van der Waals surface area contributed by atoms with Crippen LogP contribution >= 0.6 is 0 Å². The van der Waals surface area contributed by atoms with Crippen LogP contribution in [0.15, 0.2) is 73.8 Å². The zero-order valence-electron chi connectivity index (χ0n) is 32.9. The molecule has 2 aromatic heterocycles. The van der Waals surface area contributed by atoms with Gasteiger partial charge in [0.2, 0.25) is 0 Å². The number of halogens is 1. The molecule has 0 saturated heterocycles. The van der Waals surface area contributed by atoms with Crippen LogP contribution < -0.4 is 26.6 Å². The fourth-order valence-electron chi connectivity index (χ4n) is 6.14. The molecule has 5 heteroatoms. The van der Waals surface area contributed by atoms with E-state index < -0.39 is 5.97 Å². The first-order valence-electron chi connectivity index (χ1n) is 20.9. The molecule has 0 N–H and O–H groups in total. The van der Waals surface area contributed by atoms with Crippen molar-refractivity contribution in [2.24, 2.45) is 0 Å². The molecule has 0 aliphatic carbocycles. The Balaban J connectivity index is 0. The van der Waals surface area contributed by atoms with E-state index in [-0.39, 0.29) is 12.4 Å². The van der Waals surface area contributed by atoms with Gasteiger partial charge < -0.3 is 22.3 Å². The van der Waals surface area contributed by atoms with Gasteiger partial charge in [0, 0.05) is 37.1 Å². The van der Waals surface area contributed by atoms with Crippen molar-refractivity contribution in [1.82, 2.24) is 0 Å². The highest BCUT2D eigenvalue weighted by Crippen LogP contribution is 2.14. The molecule has 0 saturated carbocycles. The number of carbonyl (C=O) groups is 1. The van der Waals surface area contributed by atoms with Crippen LogP contribution in [-0.2, 0) is 17.9 Å². The van der Waals surface area contributed by atoms with Crippen LogP contribution in [0.5, 0.6) is 0 Å². The van der Waals surface area contributed by atoms with Gasteiger partial charge in [-0.1, -0.05) is 187 Å². The molecule has 0 radical (unpaired) electrons. The van der Waals surface area contributed by atoms with E-state index in [1.165, 1.54) is 193 Å². The van der Waals surface area contributed by atoms with E-state index >= 15 is 0 Å². The largest absolute Gasteiger partial charge is 1.00 e. The van der Waals surface area contributed by atoms with Crippen LogP contribution in [0.3, 0.4) is 0 Å². The molecular weight excluding hydrogens is 636 g/mol. The summed E-state index contributed by atoms with van der Waals surface area (Å²) in [6, 6.07) is 12.6. The molecule has 0 amide bonds. The van der Waals surface area contributed by atoms with E-state index in [4.69, 9.17) is 9.90 Å². The molecule has 50 heavy (non-hydrogen) atoms. The molecule has 2 rings (SSSR count). The number of pyridine rings is 2. The number of unbranched alkanes of at least 4 members (excludes halogenated alkanes) is 26. The number of aliphatic carboxylic acids is 1. The van der Waals surface area contributed by atoms with Crippen molar-refractivity contribution in [3.8, 4) is 0 Å². The summed E-state index contributed by atoms with van der Waals surface area (Å²) in [5.74, 6) is -1.23. The van der Waals surface area contributed by atoms with Gasteiger partial charge in [-0.15, -0.1) is 0 Å². The number of hydrogen-bond donors (Lipinski definition) is 0. The summed E-state index contributed by atoms with van der Waals surface area (Å²) in [5, 5.41) is 9.14. The Morgan fingerprint density at radius 1 is 0.440 bits per heavy atom. The van der Waals surface area contributed by atoms with E-state index in [1.807, 2.05) is 0 Å². The van der Waals surface area contributed by atoms with Gasteiger partial charge in [0.25, 0.3) is 0 Å². The van der Waals surface area contributed by atoms with E-state index in [1.54, 1.807) is 0 Å². The predicted octanol–water partition coefficient (Wildman–Crippen LogP) is 8.84. The number of carbonyl (C=O) groups excluding carboxylic acids is 1. The van der Waals surface area contributed by atoms with E-state index in [2.05, 4.69) is 90.7 Å². The first-order chi connectivity index (χ1) is 24.1. The number of hydrogen-bond acceptors (Lipinski definition) is 2. The second-order valence-corrected chi connectivity index (χ2v) is 13.9. The van der Waals surface area contributed by atoms with Gasteiger partial charge in [0.05, 0.1) is 5.97 Å². The lowest BCUT2D eigenvalue weighted by atomic mass is 10.0. The topological polar surface area (TPSA) is 47.9 Å². The molecule has 2 aromatic rings. The Kier molecular flexibility index (Phi) is 42.9. The number of carboxylic acids is 1. The standard InChI is InChI=1S/2C21H38N.C3H4O2.ClH/c2*1-2-3-4-5-6-7-8-9-10-11-12-13-14-16-19-22-20-17-15-18-21-22;1-2-3(4)5;/h2*15,17-18,20-21H,2-14,16,19H2,1H3;2H,1H2,(H,4,5);1H/q2*+1;;/p-2. The van der Waals surface area contributed by atoms with Crippen molar-refractivity contribution in [3.63, 3.8) is 0 Å². The minimum atomic E-state index is -1.23. The highest BCUT2D eigenvalue weighted by Gasteiger charge is 1.99. The van der Waals surface area contributed by atoms with Gasteiger partial charge in [0.1, 0.15) is 13.1 Å². The van der Waals surface area contributed by atoms with Crippen LogP contribution in [0.2, 0.25) is 0 Å². The van der Waals surface area contributed by atoms with E-state index in [0.717, 1.165) is 6.08 Å². The summed E-state index contributed by atoms with van der Waals surface area (Å²) in [5.41, 5.74) is 0. The second-order valence-electron chi connectivity index (χ2n) is 13.9. The lowest BCUT2D eigenvalue weighted by Gasteiger charge is -2.02. The Morgan fingerprint density at radius 2 is 0.640 bits per heavy atom. The highest BCUT2D eigenvalue weighted by atomic mass is 35.5. The SMILES string of the molecule is C=CC(=O)[O-].CCCCCCCCCCCCCCCC[n+]1ccccc1.CCCCCCCCCCCCCCCC[n+]1ccccc1.[Cl-]. The maximum absolute atomic E-state index is 9.14. The monoisotopic (exact) mass is 715 g/mol. The fraction of sp³-hybridized carbons (Fsp3) is 0.711. The lowest BCUT2D eigenvalue weighted by molar-refractivity contribution is -0.697. The smallest absolute Gasteiger partial charge is 0.168 e. The molecule has 2 heterocycles. The van der Waals surface area contributed by atoms with Crippen molar-refractivity contribution in [3.05, 3.63) is 73.8 Å². The molecule has 0 bridgehead atoms. The van der Waals surface area contributed by atoms with Gasteiger partial charge in [-0.25, -0.2) is 9.13 Å². The Bertz CT molecular complexity index is 858. The highest BCUT2D eigenvalue weighted by molar-refractivity contribution is 5.76. The summed E-state index contributed by atoms with van der Waals surface area (Å²) in [4.78, 5) is 9.14. The lowest BCUT2D eigenvalue weighted by Crippen LogP contribution is -3.00. The zero-order valence-corrected chi connectivity index (χ0v) is 33.6. The van der Waals surface area contributed by atoms with Crippen LogP contribution in [0.25, 0.3) is 0 Å². The summed E-state index contributed by atoms with van der Waals surface area (Å²) in [6.45, 7) is 9.84. The van der Waals surface area contributed by atoms with Crippen LogP contribution in [-0.4, -0.2) is 5.97 Å². The summed E-state index contributed by atoms with van der Waals surface area (Å²) >= 11 is 0. The van der Waals surface area contributed by atoms with Crippen molar-refractivity contribution < 1.29 is 31.4 Å². The number of rotatable bonds is 31. The minimum absolute atomic E-state index is 0. The third kappa shape index (κ3) is 40.2. The Labute approximate surface area is 317 Å². The molecule has 0 aliphatic heterocycles. The zero-order chi connectivity index (χ0) is 35.7. The van der Waals surface area contributed by atoms with Gasteiger partial charge in [-0.2, -0.15) is 0 Å². The average Bonchev–Trinajstić information content (AvgIpc) is 3.13. The molecule has 4 nitrogen and oxygen atoms in total. The van der Waals surface area contributed by atoms with Gasteiger partial charge >= 0.3 is 0 Å². The van der Waals surface area contributed by atoms with Crippen molar-refractivity contribution in [1.29, 1.82) is 0 Å².